The van der Waals surface area contributed by atoms with Gasteiger partial charge in [-0.3, -0.25) is 0 Å². The number of nitrogens with one attached hydrogen (secondary N) is 2. The Labute approximate surface area is 116 Å². The Morgan fingerprint density at radius 2 is 2.00 bits per heavy atom. The first-order valence-corrected chi connectivity index (χ1v) is 8.04. The number of hydrogen-bond acceptors (Lipinski definition) is 5. The fraction of sp³-hybridized carbons (Fsp3) is 0.750. The first-order valence-electron chi connectivity index (χ1n) is 6.14. The Morgan fingerprint density at radius 1 is 1.32 bits per heavy atom. The first-order chi connectivity index (χ1) is 8.87. The average molecular weight is 289 g/mol. The molecule has 0 aromatic heterocycles. The summed E-state index contributed by atoms with van der Waals surface area (Å²) in [6.45, 7) is 7.68. The van der Waals surface area contributed by atoms with E-state index in [2.05, 4.69) is 27.0 Å². The quantitative estimate of drug-likeness (QED) is 0.275. The molecule has 0 spiro atoms. The van der Waals surface area contributed by atoms with Crippen molar-refractivity contribution >= 4 is 15.7 Å². The molecule has 0 aromatic carbocycles. The van der Waals surface area contributed by atoms with Gasteiger partial charge in [0.25, 0.3) is 0 Å². The molecule has 0 saturated carbocycles. The summed E-state index contributed by atoms with van der Waals surface area (Å²) in [4.78, 5) is 5.14. The molecular weight excluding hydrogens is 266 g/mol. The molecule has 110 valence electrons. The number of hydrogen-bond donors (Lipinski definition) is 2. The van der Waals surface area contributed by atoms with Gasteiger partial charge in [0.1, 0.15) is 12.3 Å². The molecule has 6 nitrogen and oxygen atoms in total. The minimum atomic E-state index is -3.11. The zero-order valence-corrected chi connectivity index (χ0v) is 12.8. The summed E-state index contributed by atoms with van der Waals surface area (Å²) in [5.74, 6) is 5.91. The third kappa shape index (κ3) is 11.7. The van der Waals surface area contributed by atoms with Crippen molar-refractivity contribution in [2.24, 2.45) is 11.1 Å². The molecule has 0 bridgehead atoms. The Kier molecular flexibility index (Phi) is 9.21. The molecule has 0 amide bonds. The van der Waals surface area contributed by atoms with Crippen LogP contribution in [0.15, 0.2) is 5.16 Å². The predicted molar refractivity (Wildman–Crippen MR) is 77.4 cm³/mol. The molecule has 0 atom stereocenters. The molecule has 0 aliphatic carbocycles. The van der Waals surface area contributed by atoms with E-state index in [4.69, 9.17) is 4.84 Å². The van der Waals surface area contributed by atoms with Crippen LogP contribution < -0.4 is 10.0 Å². The third-order valence-corrected chi connectivity index (χ3v) is 2.73. The van der Waals surface area contributed by atoms with Gasteiger partial charge in [0, 0.05) is 25.6 Å². The lowest BCUT2D eigenvalue weighted by atomic mass is 10.1. The molecule has 0 radical (unpaired) electrons. The highest BCUT2D eigenvalue weighted by molar-refractivity contribution is 7.88. The molecule has 0 saturated heterocycles. The van der Waals surface area contributed by atoms with Crippen molar-refractivity contribution in [3.63, 3.8) is 0 Å². The summed E-state index contributed by atoms with van der Waals surface area (Å²) in [6, 6.07) is 0. The molecule has 0 aliphatic heterocycles. The maximum atomic E-state index is 10.8. The van der Waals surface area contributed by atoms with Gasteiger partial charge in [-0.05, 0) is 12.8 Å². The van der Waals surface area contributed by atoms with E-state index >= 15 is 0 Å². The smallest absolute Gasteiger partial charge is 0.208 e. The van der Waals surface area contributed by atoms with Crippen molar-refractivity contribution in [1.29, 1.82) is 0 Å². The van der Waals surface area contributed by atoms with E-state index in [0.717, 1.165) is 12.0 Å². The average Bonchev–Trinajstić information content (AvgIpc) is 2.29. The molecule has 0 aliphatic rings. The summed E-state index contributed by atoms with van der Waals surface area (Å²) < 4.78 is 23.9. The Bertz CT molecular complexity index is 433. The summed E-state index contributed by atoms with van der Waals surface area (Å²) in [5.41, 5.74) is 0.723. The number of sulfonamides is 1. The second-order valence-electron chi connectivity index (χ2n) is 4.26. The third-order valence-electron chi connectivity index (χ3n) is 2.00. The van der Waals surface area contributed by atoms with E-state index in [1.807, 2.05) is 13.8 Å². The highest BCUT2D eigenvalue weighted by atomic mass is 32.2. The van der Waals surface area contributed by atoms with Crippen LogP contribution in [-0.4, -0.2) is 46.6 Å². The number of nitrogens with zero attached hydrogens (tertiary/aromatic N) is 1. The molecular formula is C12H23N3O3S. The number of rotatable bonds is 9. The Hall–Kier alpha value is -1.10. The van der Waals surface area contributed by atoms with Crippen molar-refractivity contribution in [2.45, 2.75) is 20.8 Å². The fourth-order valence-corrected chi connectivity index (χ4v) is 1.56. The highest BCUT2D eigenvalue weighted by Crippen LogP contribution is 1.96. The monoisotopic (exact) mass is 289 g/mol. The van der Waals surface area contributed by atoms with E-state index in [1.165, 1.54) is 0 Å². The van der Waals surface area contributed by atoms with Gasteiger partial charge in [0.15, 0.2) is 0 Å². The molecule has 0 unspecified atom stereocenters. The van der Waals surface area contributed by atoms with E-state index in [-0.39, 0.29) is 5.92 Å². The zero-order chi connectivity index (χ0) is 14.7. The van der Waals surface area contributed by atoms with Gasteiger partial charge in [-0.2, -0.15) is 0 Å². The Balaban J connectivity index is 3.69. The van der Waals surface area contributed by atoms with E-state index < -0.39 is 10.0 Å². The van der Waals surface area contributed by atoms with Crippen LogP contribution in [0.1, 0.15) is 20.8 Å². The van der Waals surface area contributed by atoms with Crippen molar-refractivity contribution in [1.82, 2.24) is 10.0 Å². The molecule has 0 rings (SSSR count). The van der Waals surface area contributed by atoms with Crippen LogP contribution in [0.25, 0.3) is 0 Å². The van der Waals surface area contributed by atoms with Gasteiger partial charge < -0.3 is 10.2 Å². The number of oxime groups is 1. The highest BCUT2D eigenvalue weighted by Gasteiger charge is 2.01. The van der Waals surface area contributed by atoms with Gasteiger partial charge in [-0.1, -0.05) is 24.9 Å². The van der Waals surface area contributed by atoms with Crippen LogP contribution in [0.4, 0.5) is 0 Å². The van der Waals surface area contributed by atoms with Crippen molar-refractivity contribution in [3.05, 3.63) is 0 Å². The lowest BCUT2D eigenvalue weighted by molar-refractivity contribution is 0.145. The lowest BCUT2D eigenvalue weighted by Gasteiger charge is -2.06. The van der Waals surface area contributed by atoms with E-state index in [9.17, 15) is 8.42 Å². The van der Waals surface area contributed by atoms with Crippen molar-refractivity contribution in [3.8, 4) is 11.8 Å². The zero-order valence-electron chi connectivity index (χ0n) is 12.0. The van der Waals surface area contributed by atoms with Crippen LogP contribution >= 0.6 is 0 Å². The maximum Gasteiger partial charge on any atom is 0.208 e. The van der Waals surface area contributed by atoms with Crippen LogP contribution in [0.2, 0.25) is 0 Å². The van der Waals surface area contributed by atoms with Crippen LogP contribution in [0.5, 0.6) is 0 Å². The van der Waals surface area contributed by atoms with Gasteiger partial charge in [0.2, 0.25) is 10.0 Å². The Morgan fingerprint density at radius 3 is 2.53 bits per heavy atom. The summed E-state index contributed by atoms with van der Waals surface area (Å²) in [5, 5.41) is 7.00. The first kappa shape index (κ1) is 17.9. The summed E-state index contributed by atoms with van der Waals surface area (Å²) in [6.07, 6.45) is 1.13. The van der Waals surface area contributed by atoms with Gasteiger partial charge >= 0.3 is 0 Å². The summed E-state index contributed by atoms with van der Waals surface area (Å²) >= 11 is 0. The van der Waals surface area contributed by atoms with E-state index in [0.29, 0.717) is 26.2 Å². The topological polar surface area (TPSA) is 79.8 Å². The molecule has 7 heteroatoms. The second kappa shape index (κ2) is 9.78. The second-order valence-corrected chi connectivity index (χ2v) is 6.09. The van der Waals surface area contributed by atoms with Gasteiger partial charge in [0.05, 0.1) is 6.26 Å². The lowest BCUT2D eigenvalue weighted by Crippen LogP contribution is -2.32. The standard InChI is InChI=1S/C12H23N3O3S/c1-5-6-12(11(2)3)15-18-10-9-13-7-8-14-19(4,16)17/h11,13-14H,7-10H2,1-4H3/b15-12+. The largest absolute Gasteiger partial charge is 0.394 e. The fourth-order valence-electron chi connectivity index (χ4n) is 1.08. The van der Waals surface area contributed by atoms with Crippen molar-refractivity contribution < 1.29 is 13.3 Å². The SMILES string of the molecule is CC#C/C(=N\OCCNCCNS(C)(=O)=O)C(C)C. The molecule has 0 fully saturated rings. The maximum absolute atomic E-state index is 10.8. The van der Waals surface area contributed by atoms with Crippen LogP contribution in [-0.2, 0) is 14.9 Å². The van der Waals surface area contributed by atoms with Crippen molar-refractivity contribution in [2.75, 3.05) is 32.5 Å². The minimum absolute atomic E-state index is 0.236. The van der Waals surface area contributed by atoms with Gasteiger partial charge in [-0.25, -0.2) is 13.1 Å². The minimum Gasteiger partial charge on any atom is -0.394 e. The predicted octanol–water partition coefficient (Wildman–Crippen LogP) is 0.177. The summed E-state index contributed by atoms with van der Waals surface area (Å²) in [7, 11) is -3.11. The molecule has 0 heterocycles. The van der Waals surface area contributed by atoms with Crippen LogP contribution in [0, 0.1) is 17.8 Å². The normalized spacial score (nSPS) is 12.2. The molecule has 0 aromatic rings. The van der Waals surface area contributed by atoms with E-state index in [1.54, 1.807) is 6.92 Å². The molecule has 2 N–H and O–H groups in total. The van der Waals surface area contributed by atoms with Crippen LogP contribution in [0.3, 0.4) is 0 Å². The molecule has 19 heavy (non-hydrogen) atoms. The van der Waals surface area contributed by atoms with Gasteiger partial charge in [-0.15, -0.1) is 0 Å².